The highest BCUT2D eigenvalue weighted by Crippen LogP contribution is 2.37. The summed E-state index contributed by atoms with van der Waals surface area (Å²) in [6.45, 7) is 2.30. The van der Waals surface area contributed by atoms with Crippen molar-refractivity contribution < 1.29 is 23.9 Å². The van der Waals surface area contributed by atoms with Crippen LogP contribution in [0.1, 0.15) is 16.7 Å². The van der Waals surface area contributed by atoms with Crippen LogP contribution in [0.5, 0.6) is 11.5 Å². The Kier molecular flexibility index (Phi) is 5.65. The van der Waals surface area contributed by atoms with Crippen molar-refractivity contribution in [2.45, 2.75) is 13.5 Å². The van der Waals surface area contributed by atoms with Gasteiger partial charge in [-0.15, -0.1) is 0 Å². The molecule has 1 aliphatic heterocycles. The quantitative estimate of drug-likeness (QED) is 0.594. The molecule has 1 fully saturated rings. The first-order valence-electron chi connectivity index (χ1n) is 8.31. The van der Waals surface area contributed by atoms with Crippen LogP contribution in [-0.4, -0.2) is 25.0 Å². The van der Waals surface area contributed by atoms with Crippen LogP contribution < -0.4 is 20.1 Å². The fraction of sp³-hybridized carbons (Fsp3) is 0.150. The predicted molar refractivity (Wildman–Crippen MR) is 103 cm³/mol. The zero-order valence-electron chi connectivity index (χ0n) is 15.2. The highest BCUT2D eigenvalue weighted by Gasteiger charge is 2.27. The Hall–Kier alpha value is -3.32. The second-order valence-electron chi connectivity index (χ2n) is 6.10. The van der Waals surface area contributed by atoms with Crippen LogP contribution in [0, 0.1) is 6.92 Å². The lowest BCUT2D eigenvalue weighted by atomic mass is 10.1. The van der Waals surface area contributed by atoms with Crippen LogP contribution in [0.2, 0.25) is 5.02 Å². The highest BCUT2D eigenvalue weighted by atomic mass is 35.5. The number of aryl methyl sites for hydroxylation is 1. The van der Waals surface area contributed by atoms with Gasteiger partial charge in [0.1, 0.15) is 12.2 Å². The number of nitrogens with one attached hydrogen (secondary N) is 2. The first-order chi connectivity index (χ1) is 13.4. The number of imide groups is 2. The molecule has 0 spiro atoms. The van der Waals surface area contributed by atoms with Crippen LogP contribution in [-0.2, 0) is 16.2 Å². The largest absolute Gasteiger partial charge is 0.493 e. The molecule has 7 nitrogen and oxygen atoms in total. The highest BCUT2D eigenvalue weighted by molar-refractivity contribution is 6.33. The maximum Gasteiger partial charge on any atom is 0.328 e. The summed E-state index contributed by atoms with van der Waals surface area (Å²) in [7, 11) is 1.46. The molecule has 0 saturated carbocycles. The molecular formula is C20H17ClN2O5. The number of methoxy groups -OCH3 is 1. The van der Waals surface area contributed by atoms with Crippen LogP contribution in [0.15, 0.2) is 42.0 Å². The smallest absolute Gasteiger partial charge is 0.328 e. The minimum atomic E-state index is -0.859. The number of hydrogen-bond donors (Lipinski definition) is 2. The molecular weight excluding hydrogens is 384 g/mol. The summed E-state index contributed by atoms with van der Waals surface area (Å²) in [6.07, 6.45) is 1.31. The van der Waals surface area contributed by atoms with E-state index in [4.69, 9.17) is 21.1 Å². The van der Waals surface area contributed by atoms with Crippen molar-refractivity contribution in [2.24, 2.45) is 0 Å². The van der Waals surface area contributed by atoms with Gasteiger partial charge in [-0.25, -0.2) is 4.79 Å². The second-order valence-corrected chi connectivity index (χ2v) is 6.51. The lowest BCUT2D eigenvalue weighted by Crippen LogP contribution is -2.51. The summed E-state index contributed by atoms with van der Waals surface area (Å²) in [5, 5.41) is 4.28. The summed E-state index contributed by atoms with van der Waals surface area (Å²) in [4.78, 5) is 34.9. The van der Waals surface area contributed by atoms with Gasteiger partial charge < -0.3 is 9.47 Å². The van der Waals surface area contributed by atoms with Gasteiger partial charge in [0, 0.05) is 0 Å². The van der Waals surface area contributed by atoms with E-state index in [1.165, 1.54) is 13.2 Å². The van der Waals surface area contributed by atoms with Crippen molar-refractivity contribution in [2.75, 3.05) is 7.11 Å². The van der Waals surface area contributed by atoms with Crippen molar-refractivity contribution in [1.29, 1.82) is 0 Å². The first kappa shape index (κ1) is 19.4. The molecule has 0 aliphatic carbocycles. The zero-order valence-corrected chi connectivity index (χ0v) is 15.9. The van der Waals surface area contributed by atoms with E-state index in [9.17, 15) is 14.4 Å². The topological polar surface area (TPSA) is 93.7 Å². The SMILES string of the molecule is COc1cc(C=C2C(=O)NC(=O)NC2=O)cc(Cl)c1OCc1ccc(C)cc1. The van der Waals surface area contributed by atoms with Crippen LogP contribution in [0.25, 0.3) is 6.08 Å². The van der Waals surface area contributed by atoms with Crippen molar-refractivity contribution in [1.82, 2.24) is 10.6 Å². The number of carbonyl (C=O) groups excluding carboxylic acids is 3. The fourth-order valence-electron chi connectivity index (χ4n) is 2.58. The van der Waals surface area contributed by atoms with E-state index in [1.54, 1.807) is 12.1 Å². The third-order valence-corrected chi connectivity index (χ3v) is 4.29. The van der Waals surface area contributed by atoms with Crippen LogP contribution in [0.4, 0.5) is 4.79 Å². The number of barbiturate groups is 1. The maximum absolute atomic E-state index is 11.9. The molecule has 2 aromatic carbocycles. The van der Waals surface area contributed by atoms with Gasteiger partial charge in [-0.2, -0.15) is 0 Å². The third-order valence-electron chi connectivity index (χ3n) is 4.01. The van der Waals surface area contributed by atoms with Gasteiger partial charge in [-0.1, -0.05) is 41.4 Å². The number of urea groups is 1. The summed E-state index contributed by atoms with van der Waals surface area (Å²) < 4.78 is 11.1. The fourth-order valence-corrected chi connectivity index (χ4v) is 2.85. The van der Waals surface area contributed by atoms with Crippen molar-refractivity contribution in [3.8, 4) is 11.5 Å². The Morgan fingerprint density at radius 1 is 1.04 bits per heavy atom. The molecule has 0 atom stereocenters. The Bertz CT molecular complexity index is 961. The van der Waals surface area contributed by atoms with Crippen LogP contribution in [0.3, 0.4) is 0 Å². The summed E-state index contributed by atoms with van der Waals surface area (Å²) in [6, 6.07) is 10.1. The monoisotopic (exact) mass is 400 g/mol. The third kappa shape index (κ3) is 4.32. The van der Waals surface area contributed by atoms with Gasteiger partial charge in [0.05, 0.1) is 12.1 Å². The molecule has 0 bridgehead atoms. The summed E-state index contributed by atoms with van der Waals surface area (Å²) in [5.41, 5.74) is 2.34. The van der Waals surface area contributed by atoms with E-state index in [1.807, 2.05) is 41.8 Å². The zero-order chi connectivity index (χ0) is 20.3. The molecule has 1 saturated heterocycles. The molecule has 3 rings (SSSR count). The number of rotatable bonds is 5. The molecule has 1 heterocycles. The minimum Gasteiger partial charge on any atom is -0.493 e. The predicted octanol–water partition coefficient (Wildman–Crippen LogP) is 2.99. The van der Waals surface area contributed by atoms with Gasteiger partial charge in [0.15, 0.2) is 11.5 Å². The minimum absolute atomic E-state index is 0.217. The number of carbonyl (C=O) groups is 3. The summed E-state index contributed by atoms with van der Waals surface area (Å²) >= 11 is 6.33. The molecule has 144 valence electrons. The molecule has 1 aliphatic rings. The molecule has 8 heteroatoms. The van der Waals surface area contributed by atoms with Gasteiger partial charge in [-0.05, 0) is 36.3 Å². The van der Waals surface area contributed by atoms with E-state index in [2.05, 4.69) is 0 Å². The number of amides is 4. The molecule has 0 radical (unpaired) electrons. The molecule has 28 heavy (non-hydrogen) atoms. The molecule has 0 unspecified atom stereocenters. The average Bonchev–Trinajstić information content (AvgIpc) is 2.64. The standard InChI is InChI=1S/C20H17ClN2O5/c1-11-3-5-12(6-4-11)10-28-17-15(21)8-13(9-16(17)27-2)7-14-18(24)22-20(26)23-19(14)25/h3-9H,10H2,1-2H3,(H2,22,23,24,25,26). The lowest BCUT2D eigenvalue weighted by molar-refractivity contribution is -0.123. The lowest BCUT2D eigenvalue weighted by Gasteiger charge is -2.15. The van der Waals surface area contributed by atoms with Crippen LogP contribution >= 0.6 is 11.6 Å². The Balaban J connectivity index is 1.86. The Labute approximate surface area is 166 Å². The maximum atomic E-state index is 11.9. The van der Waals surface area contributed by atoms with E-state index >= 15 is 0 Å². The van der Waals surface area contributed by atoms with Gasteiger partial charge in [0.2, 0.25) is 0 Å². The second kappa shape index (κ2) is 8.14. The normalized spacial score (nSPS) is 13.7. The molecule has 2 N–H and O–H groups in total. The number of halogens is 1. The average molecular weight is 401 g/mol. The van der Waals surface area contributed by atoms with Gasteiger partial charge >= 0.3 is 6.03 Å². The van der Waals surface area contributed by atoms with E-state index < -0.39 is 17.8 Å². The van der Waals surface area contributed by atoms with Crippen molar-refractivity contribution >= 4 is 35.5 Å². The molecule has 4 amide bonds. The molecule has 0 aromatic heterocycles. The van der Waals surface area contributed by atoms with E-state index in [0.29, 0.717) is 23.7 Å². The Morgan fingerprint density at radius 3 is 2.29 bits per heavy atom. The number of ether oxygens (including phenoxy) is 2. The Morgan fingerprint density at radius 2 is 1.68 bits per heavy atom. The van der Waals surface area contributed by atoms with Gasteiger partial charge in [0.25, 0.3) is 11.8 Å². The first-order valence-corrected chi connectivity index (χ1v) is 8.69. The van der Waals surface area contributed by atoms with Crippen molar-refractivity contribution in [3.63, 3.8) is 0 Å². The van der Waals surface area contributed by atoms with Gasteiger partial charge in [-0.3, -0.25) is 20.2 Å². The molecule has 2 aromatic rings. The number of hydrogen-bond acceptors (Lipinski definition) is 5. The van der Waals surface area contributed by atoms with E-state index in [0.717, 1.165) is 11.1 Å². The number of benzene rings is 2. The summed E-state index contributed by atoms with van der Waals surface area (Å²) in [5.74, 6) is -0.883. The van der Waals surface area contributed by atoms with Crippen molar-refractivity contribution in [3.05, 3.63) is 63.7 Å². The van der Waals surface area contributed by atoms with E-state index in [-0.39, 0.29) is 10.6 Å².